The van der Waals surface area contributed by atoms with Gasteiger partial charge in [0.05, 0.1) is 12.1 Å². The molecule has 1 aliphatic rings. The average Bonchev–Trinajstić information content (AvgIpc) is 3.25. The van der Waals surface area contributed by atoms with E-state index in [1.54, 1.807) is 42.2 Å². The van der Waals surface area contributed by atoms with Crippen molar-refractivity contribution in [2.24, 2.45) is 7.05 Å². The highest BCUT2D eigenvalue weighted by atomic mass is 19.4. The second-order valence-corrected chi connectivity index (χ2v) is 7.07. The van der Waals surface area contributed by atoms with E-state index in [0.29, 0.717) is 17.1 Å². The van der Waals surface area contributed by atoms with Crippen LogP contribution in [0.3, 0.4) is 0 Å². The maximum atomic E-state index is 13.5. The summed E-state index contributed by atoms with van der Waals surface area (Å²) in [4.78, 5) is 14.3. The first-order valence-electron chi connectivity index (χ1n) is 9.05. The van der Waals surface area contributed by atoms with Crippen LogP contribution in [0.15, 0.2) is 42.7 Å². The first-order chi connectivity index (χ1) is 14.2. The van der Waals surface area contributed by atoms with Crippen LogP contribution in [0.5, 0.6) is 0 Å². The Morgan fingerprint density at radius 3 is 2.63 bits per heavy atom. The number of ether oxygens (including phenoxy) is 1. The van der Waals surface area contributed by atoms with E-state index in [0.717, 1.165) is 6.07 Å². The maximum Gasteiger partial charge on any atom is 0.416 e. The summed E-state index contributed by atoms with van der Waals surface area (Å²) in [6, 6.07) is 9.28. The van der Waals surface area contributed by atoms with Crippen molar-refractivity contribution in [1.82, 2.24) is 14.8 Å². The number of carbonyl (C=O) groups is 1. The molecule has 0 saturated heterocycles. The number of carbonyl (C=O) groups excluding carboxylic acids is 1. The largest absolute Gasteiger partial charge is 0.416 e. The Morgan fingerprint density at radius 2 is 2.00 bits per heavy atom. The van der Waals surface area contributed by atoms with Gasteiger partial charge in [-0.05, 0) is 47.9 Å². The van der Waals surface area contributed by atoms with Gasteiger partial charge in [0.1, 0.15) is 12.4 Å². The molecule has 6 nitrogen and oxygen atoms in total. The molecule has 155 valence electrons. The molecule has 2 heterocycles. The van der Waals surface area contributed by atoms with Gasteiger partial charge in [0.15, 0.2) is 5.82 Å². The summed E-state index contributed by atoms with van der Waals surface area (Å²) in [5, 5.41) is 7.91. The highest BCUT2D eigenvalue weighted by Gasteiger charge is 2.40. The molecule has 1 atom stereocenters. The molecule has 0 aliphatic carbocycles. The van der Waals surface area contributed by atoms with Gasteiger partial charge in [0.2, 0.25) is 0 Å². The molecule has 2 aromatic carbocycles. The van der Waals surface area contributed by atoms with E-state index in [-0.39, 0.29) is 23.2 Å². The third-order valence-electron chi connectivity index (χ3n) is 5.11. The SMILES string of the molecule is [CH2]c1cc2c(c(C(F)(F)F)c1)CN(c1cccc(C(OC)c3nncn3C)c1)C2=O. The minimum Gasteiger partial charge on any atom is -0.369 e. The standard InChI is InChI=1S/C21H18F3N4O2/c1-12-7-15-16(17(8-12)21(22,23)24)10-28(20(15)29)14-6-4-5-13(9-14)18(30-3)19-26-25-11-27(19)2/h4-9,11,18H,1,10H2,2-3H3. The van der Waals surface area contributed by atoms with Crippen LogP contribution in [0, 0.1) is 6.92 Å². The predicted molar refractivity (Wildman–Crippen MR) is 103 cm³/mol. The maximum absolute atomic E-state index is 13.5. The molecule has 3 aromatic rings. The summed E-state index contributed by atoms with van der Waals surface area (Å²) in [6.45, 7) is 3.41. The minimum absolute atomic E-state index is 0.0248. The monoisotopic (exact) mass is 415 g/mol. The molecule has 9 heteroatoms. The summed E-state index contributed by atoms with van der Waals surface area (Å²) in [5.74, 6) is 0.0671. The average molecular weight is 415 g/mol. The normalized spacial score (nSPS) is 14.9. The van der Waals surface area contributed by atoms with Crippen molar-refractivity contribution < 1.29 is 22.7 Å². The van der Waals surface area contributed by atoms with E-state index in [2.05, 4.69) is 17.1 Å². The lowest BCUT2D eigenvalue weighted by molar-refractivity contribution is -0.138. The number of amides is 1. The van der Waals surface area contributed by atoms with Gasteiger partial charge in [0, 0.05) is 25.4 Å². The third-order valence-corrected chi connectivity index (χ3v) is 5.11. The van der Waals surface area contributed by atoms with E-state index >= 15 is 0 Å². The van der Waals surface area contributed by atoms with Crippen molar-refractivity contribution in [3.05, 3.63) is 83.3 Å². The number of aryl methyl sites for hydroxylation is 1. The van der Waals surface area contributed by atoms with Gasteiger partial charge in [-0.3, -0.25) is 4.79 Å². The zero-order valence-corrected chi connectivity index (χ0v) is 16.3. The van der Waals surface area contributed by atoms with Crippen LogP contribution in [0.4, 0.5) is 18.9 Å². The second kappa shape index (κ2) is 7.24. The van der Waals surface area contributed by atoms with Crippen molar-refractivity contribution in [2.45, 2.75) is 18.8 Å². The Hall–Kier alpha value is -3.20. The number of aromatic nitrogens is 3. The number of hydrogen-bond donors (Lipinski definition) is 0. The van der Waals surface area contributed by atoms with E-state index < -0.39 is 23.8 Å². The van der Waals surface area contributed by atoms with E-state index in [9.17, 15) is 18.0 Å². The first-order valence-corrected chi connectivity index (χ1v) is 9.05. The smallest absolute Gasteiger partial charge is 0.369 e. The first kappa shape index (κ1) is 20.1. The van der Waals surface area contributed by atoms with Crippen LogP contribution in [-0.2, 0) is 24.5 Å². The highest BCUT2D eigenvalue weighted by molar-refractivity contribution is 6.10. The van der Waals surface area contributed by atoms with Crippen molar-refractivity contribution in [2.75, 3.05) is 12.0 Å². The Bertz CT molecular complexity index is 1120. The summed E-state index contributed by atoms with van der Waals surface area (Å²) in [7, 11) is 3.30. The summed E-state index contributed by atoms with van der Waals surface area (Å²) < 4.78 is 47.8. The molecule has 1 radical (unpaired) electrons. The highest BCUT2D eigenvalue weighted by Crippen LogP contribution is 2.39. The zero-order valence-electron chi connectivity index (χ0n) is 16.3. The lowest BCUT2D eigenvalue weighted by Gasteiger charge is -2.20. The van der Waals surface area contributed by atoms with E-state index in [1.807, 2.05) is 0 Å². The lowest BCUT2D eigenvalue weighted by Crippen LogP contribution is -2.23. The number of fused-ring (bicyclic) bond motifs is 1. The number of methoxy groups -OCH3 is 1. The second-order valence-electron chi connectivity index (χ2n) is 7.07. The number of halogens is 3. The Balaban J connectivity index is 1.73. The fraction of sp³-hybridized carbons (Fsp3) is 0.238. The van der Waals surface area contributed by atoms with Gasteiger partial charge in [-0.15, -0.1) is 10.2 Å². The molecule has 1 unspecified atom stereocenters. The molecule has 1 aliphatic heterocycles. The van der Waals surface area contributed by atoms with Crippen LogP contribution in [0.2, 0.25) is 0 Å². The lowest BCUT2D eigenvalue weighted by atomic mass is 9.99. The molecular weight excluding hydrogens is 397 g/mol. The molecule has 1 amide bonds. The van der Waals surface area contributed by atoms with Gasteiger partial charge in [-0.25, -0.2) is 0 Å². The Labute approximate surface area is 170 Å². The molecule has 1 aromatic heterocycles. The Kier molecular flexibility index (Phi) is 4.85. The summed E-state index contributed by atoms with van der Waals surface area (Å²) in [6.07, 6.45) is -3.57. The summed E-state index contributed by atoms with van der Waals surface area (Å²) >= 11 is 0. The number of rotatable bonds is 4. The van der Waals surface area contributed by atoms with Gasteiger partial charge < -0.3 is 14.2 Å². The fourth-order valence-corrected chi connectivity index (χ4v) is 3.71. The predicted octanol–water partition coefficient (Wildman–Crippen LogP) is 3.91. The fourth-order valence-electron chi connectivity index (χ4n) is 3.71. The number of nitrogens with zero attached hydrogens (tertiary/aromatic N) is 4. The quantitative estimate of drug-likeness (QED) is 0.648. The topological polar surface area (TPSA) is 60.2 Å². The van der Waals surface area contributed by atoms with Crippen LogP contribution >= 0.6 is 0 Å². The Morgan fingerprint density at radius 1 is 1.23 bits per heavy atom. The molecule has 0 N–H and O–H groups in total. The third kappa shape index (κ3) is 3.35. The number of anilines is 1. The molecule has 0 bridgehead atoms. The van der Waals surface area contributed by atoms with E-state index in [4.69, 9.17) is 4.74 Å². The number of alkyl halides is 3. The number of benzene rings is 2. The van der Waals surface area contributed by atoms with Gasteiger partial charge in [-0.2, -0.15) is 13.2 Å². The molecule has 0 spiro atoms. The van der Waals surface area contributed by atoms with Gasteiger partial charge in [-0.1, -0.05) is 12.1 Å². The van der Waals surface area contributed by atoms with Crippen LogP contribution in [0.1, 0.15) is 44.5 Å². The van der Waals surface area contributed by atoms with Crippen molar-refractivity contribution in [3.8, 4) is 0 Å². The van der Waals surface area contributed by atoms with Gasteiger partial charge in [0.25, 0.3) is 5.91 Å². The van der Waals surface area contributed by atoms with Crippen LogP contribution in [-0.4, -0.2) is 27.8 Å². The molecule has 0 saturated carbocycles. The van der Waals surface area contributed by atoms with Crippen LogP contribution < -0.4 is 4.90 Å². The molecular formula is C21H18F3N4O2. The van der Waals surface area contributed by atoms with Crippen LogP contribution in [0.25, 0.3) is 0 Å². The minimum atomic E-state index is -4.57. The van der Waals surface area contributed by atoms with Crippen molar-refractivity contribution in [3.63, 3.8) is 0 Å². The number of hydrogen-bond acceptors (Lipinski definition) is 4. The summed E-state index contributed by atoms with van der Waals surface area (Å²) in [5.41, 5.74) is 0.469. The van der Waals surface area contributed by atoms with E-state index in [1.165, 1.54) is 18.1 Å². The van der Waals surface area contributed by atoms with Gasteiger partial charge >= 0.3 is 6.18 Å². The van der Waals surface area contributed by atoms with Crippen molar-refractivity contribution >= 4 is 11.6 Å². The van der Waals surface area contributed by atoms with Crippen molar-refractivity contribution in [1.29, 1.82) is 0 Å². The molecule has 0 fully saturated rings. The molecule has 4 rings (SSSR count). The zero-order chi connectivity index (χ0) is 21.6. The molecule has 30 heavy (non-hydrogen) atoms.